The number of hydrogen-bond acceptors (Lipinski definition) is 7. The van der Waals surface area contributed by atoms with Crippen LogP contribution in [-0.4, -0.2) is 95.9 Å². The number of benzene rings is 1. The third-order valence-electron chi connectivity index (χ3n) is 7.40. The Morgan fingerprint density at radius 1 is 1.24 bits per heavy atom. The highest BCUT2D eigenvalue weighted by Crippen LogP contribution is 2.35. The lowest BCUT2D eigenvalue weighted by Gasteiger charge is -2.33. The third kappa shape index (κ3) is 6.01. The number of nitrogens with zero attached hydrogens (tertiary/aromatic N) is 3. The summed E-state index contributed by atoms with van der Waals surface area (Å²) in [5, 5.41) is 17.3. The molecule has 4 N–H and O–H groups in total. The van der Waals surface area contributed by atoms with Gasteiger partial charge in [-0.1, -0.05) is 18.2 Å². The molecule has 2 aliphatic heterocycles. The van der Waals surface area contributed by atoms with Crippen molar-refractivity contribution < 1.29 is 14.6 Å². The highest BCUT2D eigenvalue weighted by atomic mass is 16.5. The van der Waals surface area contributed by atoms with Crippen molar-refractivity contribution >= 4 is 28.7 Å². The summed E-state index contributed by atoms with van der Waals surface area (Å²) in [5.41, 5.74) is 5.04. The van der Waals surface area contributed by atoms with E-state index < -0.39 is 6.10 Å². The molecular weight excluding hydrogens is 480 g/mol. The Morgan fingerprint density at radius 3 is 2.76 bits per heavy atom. The number of aliphatic hydroxyl groups excluding tert-OH is 1. The van der Waals surface area contributed by atoms with Gasteiger partial charge in [-0.05, 0) is 36.2 Å². The number of hydrogen-bond donors (Lipinski definition) is 4. The van der Waals surface area contributed by atoms with Crippen LogP contribution < -0.4 is 15.4 Å². The molecule has 1 amide bonds. The predicted molar refractivity (Wildman–Crippen MR) is 151 cm³/mol. The van der Waals surface area contributed by atoms with E-state index in [4.69, 9.17) is 4.74 Å². The summed E-state index contributed by atoms with van der Waals surface area (Å²) < 4.78 is 6.34. The van der Waals surface area contributed by atoms with Crippen molar-refractivity contribution in [2.75, 3.05) is 58.2 Å². The first-order valence-corrected chi connectivity index (χ1v) is 13.5. The number of aliphatic hydroxyl groups is 1. The number of fused-ring (bicyclic) bond motifs is 1. The molecule has 2 aromatic heterocycles. The lowest BCUT2D eigenvalue weighted by Crippen LogP contribution is -2.45. The molecule has 0 aliphatic carbocycles. The number of rotatable bonds is 8. The van der Waals surface area contributed by atoms with Gasteiger partial charge >= 0.3 is 0 Å². The van der Waals surface area contributed by atoms with Crippen molar-refractivity contribution in [2.45, 2.75) is 32.0 Å². The average molecular weight is 519 g/mol. The Balaban J connectivity index is 1.28. The molecule has 1 unspecified atom stereocenters. The molecule has 1 atom stereocenters. The van der Waals surface area contributed by atoms with E-state index in [1.165, 1.54) is 6.92 Å². The lowest BCUT2D eigenvalue weighted by molar-refractivity contribution is -0.141. The van der Waals surface area contributed by atoms with Gasteiger partial charge in [-0.2, -0.15) is 0 Å². The third-order valence-corrected chi connectivity index (χ3v) is 7.40. The number of piperidine rings is 1. The second-order valence-corrected chi connectivity index (χ2v) is 10.1. The van der Waals surface area contributed by atoms with Gasteiger partial charge in [0.15, 0.2) is 0 Å². The van der Waals surface area contributed by atoms with Gasteiger partial charge in [0.25, 0.3) is 5.91 Å². The van der Waals surface area contributed by atoms with Crippen LogP contribution in [0.25, 0.3) is 28.2 Å². The molecule has 38 heavy (non-hydrogen) atoms. The fraction of sp³-hybridized carbons (Fsp3) is 0.448. The first-order valence-electron chi connectivity index (χ1n) is 13.5. The van der Waals surface area contributed by atoms with Gasteiger partial charge in [-0.3, -0.25) is 9.69 Å². The molecular formula is C29H38N6O3. The number of H-pyrrole nitrogens is 1. The van der Waals surface area contributed by atoms with E-state index in [1.54, 1.807) is 4.90 Å². The molecule has 0 bridgehead atoms. The van der Waals surface area contributed by atoms with E-state index in [-0.39, 0.29) is 12.0 Å². The van der Waals surface area contributed by atoms with Gasteiger partial charge in [0.1, 0.15) is 23.6 Å². The fourth-order valence-corrected chi connectivity index (χ4v) is 5.21. The normalized spacial score (nSPS) is 18.2. The Bertz CT molecular complexity index is 1270. The van der Waals surface area contributed by atoms with Gasteiger partial charge < -0.3 is 30.4 Å². The van der Waals surface area contributed by atoms with Crippen LogP contribution in [-0.2, 0) is 4.79 Å². The van der Waals surface area contributed by atoms with Crippen LogP contribution in [0, 0.1) is 0 Å². The van der Waals surface area contributed by atoms with Crippen molar-refractivity contribution in [1.29, 1.82) is 0 Å². The minimum Gasteiger partial charge on any atom is -0.488 e. The summed E-state index contributed by atoms with van der Waals surface area (Å²) in [7, 11) is 1.90. The number of likely N-dealkylation sites (tertiary alicyclic amines) is 1. The first kappa shape index (κ1) is 26.2. The zero-order valence-electron chi connectivity index (χ0n) is 22.2. The highest BCUT2D eigenvalue weighted by molar-refractivity contribution is 5.95. The van der Waals surface area contributed by atoms with Crippen molar-refractivity contribution in [3.8, 4) is 16.9 Å². The zero-order valence-corrected chi connectivity index (χ0v) is 22.2. The Labute approximate surface area is 223 Å². The van der Waals surface area contributed by atoms with Gasteiger partial charge in [0.05, 0.1) is 5.69 Å². The number of amides is 1. The van der Waals surface area contributed by atoms with E-state index in [2.05, 4.69) is 55.9 Å². The SMILES string of the molecule is CNc1cc(-c2c[nH]c3ncc(C=CCN4CCNCC4)cc23)ccc1OC1CCN(C(=O)C(C)O)CC1. The summed E-state index contributed by atoms with van der Waals surface area (Å²) in [6, 6.07) is 8.39. The highest BCUT2D eigenvalue weighted by Gasteiger charge is 2.26. The van der Waals surface area contributed by atoms with Crippen LogP contribution in [0.4, 0.5) is 5.69 Å². The number of pyridine rings is 1. The Morgan fingerprint density at radius 2 is 2.03 bits per heavy atom. The number of aromatic amines is 1. The quantitative estimate of drug-likeness (QED) is 0.363. The summed E-state index contributed by atoms with van der Waals surface area (Å²) in [5.74, 6) is 0.584. The summed E-state index contributed by atoms with van der Waals surface area (Å²) in [6.07, 6.45) is 8.84. The number of ether oxygens (including phenoxy) is 1. The van der Waals surface area contributed by atoms with Crippen LogP contribution in [0.3, 0.4) is 0 Å². The second-order valence-electron chi connectivity index (χ2n) is 10.1. The maximum atomic E-state index is 12.1. The van der Waals surface area contributed by atoms with Gasteiger partial charge in [0, 0.05) is 89.0 Å². The molecule has 2 aliphatic rings. The van der Waals surface area contributed by atoms with Crippen molar-refractivity contribution in [3.63, 3.8) is 0 Å². The molecule has 9 heteroatoms. The summed E-state index contributed by atoms with van der Waals surface area (Å²) in [4.78, 5) is 24.2. The van der Waals surface area contributed by atoms with E-state index >= 15 is 0 Å². The van der Waals surface area contributed by atoms with Gasteiger partial charge in [-0.25, -0.2) is 4.98 Å². The van der Waals surface area contributed by atoms with Crippen LogP contribution in [0.1, 0.15) is 25.3 Å². The predicted octanol–water partition coefficient (Wildman–Crippen LogP) is 2.94. The monoisotopic (exact) mass is 518 g/mol. The summed E-state index contributed by atoms with van der Waals surface area (Å²) in [6.45, 7) is 7.92. The number of piperazine rings is 1. The number of carbonyl (C=O) groups excluding carboxylic acids is 1. The van der Waals surface area contributed by atoms with E-state index in [0.29, 0.717) is 13.1 Å². The molecule has 0 spiro atoms. The molecule has 5 rings (SSSR count). The second kappa shape index (κ2) is 12.0. The lowest BCUT2D eigenvalue weighted by atomic mass is 10.0. The molecule has 0 saturated carbocycles. The molecule has 2 saturated heterocycles. The number of anilines is 1. The zero-order chi connectivity index (χ0) is 26.5. The fourth-order valence-electron chi connectivity index (χ4n) is 5.21. The molecule has 3 aromatic rings. The molecule has 1 aromatic carbocycles. The first-order chi connectivity index (χ1) is 18.5. The maximum Gasteiger partial charge on any atom is 0.251 e. The minimum atomic E-state index is -0.958. The van der Waals surface area contributed by atoms with E-state index in [1.807, 2.05) is 25.5 Å². The Kier molecular flexibility index (Phi) is 8.26. The van der Waals surface area contributed by atoms with Crippen molar-refractivity contribution in [2.24, 2.45) is 0 Å². The Hall–Kier alpha value is -3.40. The van der Waals surface area contributed by atoms with Crippen LogP contribution in [0.15, 0.2) is 42.7 Å². The minimum absolute atomic E-state index is 0.0267. The largest absolute Gasteiger partial charge is 0.488 e. The van der Waals surface area contributed by atoms with E-state index in [9.17, 15) is 9.90 Å². The van der Waals surface area contributed by atoms with Crippen molar-refractivity contribution in [3.05, 3.63) is 48.3 Å². The molecule has 0 radical (unpaired) electrons. The molecule has 2 fully saturated rings. The smallest absolute Gasteiger partial charge is 0.251 e. The van der Waals surface area contributed by atoms with Crippen LogP contribution >= 0.6 is 0 Å². The van der Waals surface area contributed by atoms with Crippen LogP contribution in [0.2, 0.25) is 0 Å². The number of carbonyl (C=O) groups is 1. The molecule has 9 nitrogen and oxygen atoms in total. The van der Waals surface area contributed by atoms with E-state index in [0.717, 1.165) is 84.7 Å². The molecule has 202 valence electrons. The number of aromatic nitrogens is 2. The average Bonchev–Trinajstić information content (AvgIpc) is 3.37. The number of nitrogens with one attached hydrogen (secondary N) is 3. The maximum absolute atomic E-state index is 12.1. The standard InChI is InChI=1S/C29H38N6O3/c1-20(36)29(37)35-12-7-23(8-13-35)38-27-6-5-22(17-26(27)30-2)25-19-33-28-24(25)16-21(18-32-28)4-3-11-34-14-9-31-10-15-34/h3-6,16-20,23,30-31,36H,7-15H2,1-2H3,(H,32,33). The summed E-state index contributed by atoms with van der Waals surface area (Å²) >= 11 is 0. The topological polar surface area (TPSA) is 106 Å². The van der Waals surface area contributed by atoms with Gasteiger partial charge in [-0.15, -0.1) is 0 Å². The molecule has 4 heterocycles. The van der Waals surface area contributed by atoms with Crippen molar-refractivity contribution in [1.82, 2.24) is 25.1 Å². The van der Waals surface area contributed by atoms with Gasteiger partial charge in [0.2, 0.25) is 0 Å². The van der Waals surface area contributed by atoms with Crippen LogP contribution in [0.5, 0.6) is 5.75 Å².